The van der Waals surface area contributed by atoms with Crippen molar-refractivity contribution in [1.29, 1.82) is 0 Å². The quantitative estimate of drug-likeness (QED) is 0.0487. The number of aliphatic hydroxyl groups is 2. The van der Waals surface area contributed by atoms with Gasteiger partial charge in [0, 0.05) is 74.6 Å². The van der Waals surface area contributed by atoms with E-state index in [2.05, 4.69) is 53.9 Å². The first kappa shape index (κ1) is 92.2. The molecule has 0 aliphatic carbocycles. The summed E-state index contributed by atoms with van der Waals surface area (Å²) in [6.45, 7) is 40.3. The second-order valence-corrected chi connectivity index (χ2v) is 32.8. The molecule has 26 heteroatoms. The van der Waals surface area contributed by atoms with Crippen molar-refractivity contribution in [3.8, 4) is 0 Å². The summed E-state index contributed by atoms with van der Waals surface area (Å²) in [5.41, 5.74) is -1.59. The van der Waals surface area contributed by atoms with Gasteiger partial charge in [0.25, 0.3) is 0 Å². The predicted molar refractivity (Wildman–Crippen MR) is 397 cm³/mol. The zero-order chi connectivity index (χ0) is 77.5. The minimum Gasteiger partial charge on any atom is -0.390 e. The number of rotatable bonds is 25. The van der Waals surface area contributed by atoms with E-state index in [1.54, 1.807) is 54.5 Å². The summed E-state index contributed by atoms with van der Waals surface area (Å²) in [4.78, 5) is 176. The molecule has 1 saturated heterocycles. The van der Waals surface area contributed by atoms with E-state index in [0.29, 0.717) is 17.6 Å². The summed E-state index contributed by atoms with van der Waals surface area (Å²) >= 11 is 1.43. The fourth-order valence-corrected chi connectivity index (χ4v) is 13.9. The lowest BCUT2D eigenvalue weighted by Gasteiger charge is -2.41. The molecule has 13 atom stereocenters. The molecule has 576 valence electrons. The Hall–Kier alpha value is -5.86. The van der Waals surface area contributed by atoms with Crippen molar-refractivity contribution in [2.45, 2.75) is 269 Å². The number of nitrogens with zero attached hydrogens (tertiary/aromatic N) is 8. The lowest BCUT2D eigenvalue weighted by atomic mass is 9.91. The van der Waals surface area contributed by atoms with Gasteiger partial charge in [0.15, 0.2) is 0 Å². The van der Waals surface area contributed by atoms with Gasteiger partial charge in [-0.3, -0.25) is 52.7 Å². The van der Waals surface area contributed by atoms with E-state index in [0.717, 1.165) is 35.9 Å². The number of amides is 11. The SMILES string of the molecule is CC=CC[C@@H](C)[C@@H](O)[C@H]1C(=O)N[C@@H](CC)C(=O)N(C)[C@H](CSCCCN(CC(C)C)CC(C)C)C(=O)N(C)[C@@H](CC(C)(C)O)C(=O)N[C@@H](C(C)C)C(=O)N(C)[C@@H](CC(C)C)C(=O)N[C@@H](C)C(=O)N[C@H](C)C(=O)N(C)[C@@H](CC(C)C)C(=O)N(C)[C@@H](CC(C)C)C(=O)N(C)[C@@H](C(C)C)C(=O)N1C. The number of thioether (sulfide) groups is 1. The molecule has 1 aliphatic heterocycles. The third kappa shape index (κ3) is 28.1. The van der Waals surface area contributed by atoms with Crippen molar-refractivity contribution < 1.29 is 63.0 Å². The third-order valence-electron chi connectivity index (χ3n) is 18.7. The summed E-state index contributed by atoms with van der Waals surface area (Å²) in [6.07, 6.45) is 3.11. The standard InChI is InChI=1S/C74H136N12O13S/c1-29-31-33-50(17)62(87)61-66(91)77-53(30-2)68(93)83(26)58(42-100-35-32-34-86(40-46(9)10)41-47(11)12)71(96)82(25)57(39-74(20,21)99)65(90)78-59(48(13)14)72(97)79(22)54(36-43(3)4)64(89)75-51(18)63(88)76-52(19)67(92)80(23)55(37-44(5)6)69(94)81(24)56(38-45(7)8)70(95)84(27)60(49(15)16)73(98)85(61)28/h29,31,43-62,87,99H,30,32-42H2,1-28H3,(H,75,89)(H,76,88)(H,77,91)(H,78,90)/t50-,51+,52-,53+,54+,55+,56+,57+,58-,59+,60+,61+,62-/m1/s1. The second-order valence-electron chi connectivity index (χ2n) is 31.7. The van der Waals surface area contributed by atoms with Gasteiger partial charge in [-0.15, -0.1) is 0 Å². The largest absolute Gasteiger partial charge is 0.390 e. The number of likely N-dealkylation sites (N-methyl/N-ethyl adjacent to an activating group) is 7. The van der Waals surface area contributed by atoms with E-state index < -0.39 is 161 Å². The number of aliphatic hydroxyl groups excluding tert-OH is 1. The van der Waals surface area contributed by atoms with Crippen LogP contribution in [0.1, 0.15) is 190 Å². The van der Waals surface area contributed by atoms with Gasteiger partial charge in [0.2, 0.25) is 65.0 Å². The highest BCUT2D eigenvalue weighted by Gasteiger charge is 2.47. The van der Waals surface area contributed by atoms with Crippen molar-refractivity contribution in [3.63, 3.8) is 0 Å². The van der Waals surface area contributed by atoms with Crippen LogP contribution < -0.4 is 21.3 Å². The van der Waals surface area contributed by atoms with Gasteiger partial charge in [-0.1, -0.05) is 123 Å². The van der Waals surface area contributed by atoms with Crippen LogP contribution >= 0.6 is 11.8 Å². The molecule has 1 fully saturated rings. The summed E-state index contributed by atoms with van der Waals surface area (Å²) in [5.74, 6) is -8.80. The molecule has 25 nitrogen and oxygen atoms in total. The van der Waals surface area contributed by atoms with E-state index in [1.165, 1.54) is 113 Å². The predicted octanol–water partition coefficient (Wildman–Crippen LogP) is 5.49. The monoisotopic (exact) mass is 1430 g/mol. The number of nitrogens with one attached hydrogen (secondary N) is 4. The van der Waals surface area contributed by atoms with Crippen LogP contribution in [0.5, 0.6) is 0 Å². The lowest BCUT2D eigenvalue weighted by Crippen LogP contribution is -2.64. The Morgan fingerprint density at radius 3 is 1.38 bits per heavy atom. The zero-order valence-corrected chi connectivity index (χ0v) is 67.4. The maximum absolute atomic E-state index is 15.6. The summed E-state index contributed by atoms with van der Waals surface area (Å²) in [5, 5.41) is 35.0. The van der Waals surface area contributed by atoms with Crippen LogP contribution in [0.2, 0.25) is 0 Å². The van der Waals surface area contributed by atoms with Crippen LogP contribution in [-0.2, 0) is 52.7 Å². The van der Waals surface area contributed by atoms with Gasteiger partial charge in [0.05, 0.1) is 11.7 Å². The van der Waals surface area contributed by atoms with Gasteiger partial charge < -0.3 is 70.7 Å². The maximum Gasteiger partial charge on any atom is 0.246 e. The van der Waals surface area contributed by atoms with Crippen molar-refractivity contribution >= 4 is 76.7 Å². The molecule has 100 heavy (non-hydrogen) atoms. The summed E-state index contributed by atoms with van der Waals surface area (Å²) < 4.78 is 0. The first-order chi connectivity index (χ1) is 46.1. The summed E-state index contributed by atoms with van der Waals surface area (Å²) in [7, 11) is 9.94. The van der Waals surface area contributed by atoms with Gasteiger partial charge in [0.1, 0.15) is 66.5 Å². The van der Waals surface area contributed by atoms with Crippen LogP contribution in [0.15, 0.2) is 12.2 Å². The van der Waals surface area contributed by atoms with Crippen LogP contribution in [0.25, 0.3) is 0 Å². The molecular formula is C74H136N12O13S. The topological polar surface area (TPSA) is 302 Å². The molecule has 1 heterocycles. The fraction of sp³-hybridized carbons (Fsp3) is 0.824. The Morgan fingerprint density at radius 1 is 0.490 bits per heavy atom. The molecule has 0 bridgehead atoms. The Balaban J connectivity index is 4.60. The molecule has 6 N–H and O–H groups in total. The highest BCUT2D eigenvalue weighted by molar-refractivity contribution is 7.99. The number of hydrogen-bond donors (Lipinski definition) is 6. The Labute approximate surface area is 605 Å². The zero-order valence-electron chi connectivity index (χ0n) is 66.6. The Kier molecular flexibility index (Phi) is 39.3. The van der Waals surface area contributed by atoms with Crippen LogP contribution in [-0.4, -0.2) is 273 Å². The molecule has 1 rings (SSSR count). The normalized spacial score (nSPS) is 25.7. The third-order valence-corrected chi connectivity index (χ3v) is 19.8. The van der Waals surface area contributed by atoms with Crippen molar-refractivity contribution in [1.82, 2.24) is 60.5 Å². The van der Waals surface area contributed by atoms with E-state index in [9.17, 15) is 29.4 Å². The van der Waals surface area contributed by atoms with Gasteiger partial charge in [-0.05, 0) is 133 Å². The van der Waals surface area contributed by atoms with Crippen LogP contribution in [0.3, 0.4) is 0 Å². The molecule has 0 aromatic carbocycles. The molecule has 0 spiro atoms. The molecule has 1 aliphatic rings. The van der Waals surface area contributed by atoms with Crippen molar-refractivity contribution in [2.75, 3.05) is 80.5 Å². The van der Waals surface area contributed by atoms with Crippen molar-refractivity contribution in [2.24, 2.45) is 47.3 Å². The maximum atomic E-state index is 15.6. The first-order valence-electron chi connectivity index (χ1n) is 36.5. The number of carbonyl (C=O) groups is 11. The minimum absolute atomic E-state index is 0.0249. The molecular weight excluding hydrogens is 1300 g/mol. The average Bonchev–Trinajstić information content (AvgIpc) is 0.805. The number of hydrogen-bond acceptors (Lipinski definition) is 15. The van der Waals surface area contributed by atoms with Crippen LogP contribution in [0.4, 0.5) is 0 Å². The highest BCUT2D eigenvalue weighted by atomic mass is 32.2. The molecule has 0 saturated carbocycles. The second kappa shape index (κ2) is 42.7. The lowest BCUT2D eigenvalue weighted by molar-refractivity contribution is -0.157. The van der Waals surface area contributed by atoms with Gasteiger partial charge in [-0.25, -0.2) is 0 Å². The smallest absolute Gasteiger partial charge is 0.246 e. The van der Waals surface area contributed by atoms with Gasteiger partial charge in [-0.2, -0.15) is 11.8 Å². The molecule has 0 radical (unpaired) electrons. The Morgan fingerprint density at radius 2 is 0.920 bits per heavy atom. The van der Waals surface area contributed by atoms with Crippen LogP contribution in [0, 0.1) is 47.3 Å². The molecule has 0 unspecified atom stereocenters. The molecule has 11 amide bonds. The minimum atomic E-state index is -1.66. The number of allylic oxidation sites excluding steroid dienone is 2. The average molecular weight is 1430 g/mol. The van der Waals surface area contributed by atoms with E-state index in [1.807, 2.05) is 47.6 Å². The van der Waals surface area contributed by atoms with E-state index >= 15 is 33.6 Å². The highest BCUT2D eigenvalue weighted by Crippen LogP contribution is 2.27. The van der Waals surface area contributed by atoms with E-state index in [-0.39, 0.29) is 62.0 Å². The molecule has 0 aromatic rings. The molecule has 0 aromatic heterocycles. The Bertz CT molecular complexity index is 2690. The number of carbonyl (C=O) groups excluding carboxylic acids is 11. The van der Waals surface area contributed by atoms with Crippen molar-refractivity contribution in [3.05, 3.63) is 12.2 Å². The van der Waals surface area contributed by atoms with Gasteiger partial charge >= 0.3 is 0 Å². The summed E-state index contributed by atoms with van der Waals surface area (Å²) in [6, 6.07) is -14.4. The fourth-order valence-electron chi connectivity index (χ4n) is 12.9. The van der Waals surface area contributed by atoms with E-state index in [4.69, 9.17) is 0 Å². The first-order valence-corrected chi connectivity index (χ1v) is 37.7.